The lowest BCUT2D eigenvalue weighted by Crippen LogP contribution is -2.46. The highest BCUT2D eigenvalue weighted by Gasteiger charge is 2.20. The highest BCUT2D eigenvalue weighted by molar-refractivity contribution is 5.95. The first-order valence-corrected chi connectivity index (χ1v) is 5.21. The molecule has 5 heteroatoms. The summed E-state index contributed by atoms with van der Waals surface area (Å²) in [4.78, 5) is 13.3. The molecule has 1 fully saturated rings. The van der Waals surface area contributed by atoms with Gasteiger partial charge < -0.3 is 15.8 Å². The first kappa shape index (κ1) is 10.6. The van der Waals surface area contributed by atoms with Crippen LogP contribution in [0.25, 0.3) is 0 Å². The molecule has 0 aromatic heterocycles. The first-order valence-electron chi connectivity index (χ1n) is 5.21. The van der Waals surface area contributed by atoms with Gasteiger partial charge in [-0.05, 0) is 18.6 Å². The first-order chi connectivity index (χ1) is 7.72. The Morgan fingerprint density at radius 1 is 1.50 bits per heavy atom. The number of nitrogens with zero attached hydrogens (tertiary/aromatic N) is 1. The summed E-state index contributed by atoms with van der Waals surface area (Å²) in [5.41, 5.74) is 7.17. The lowest BCUT2D eigenvalue weighted by molar-refractivity contribution is 0.243. The van der Waals surface area contributed by atoms with Gasteiger partial charge in [0.25, 0.3) is 0 Å². The molecular weight excluding hydrogens is 206 g/mol. The highest BCUT2D eigenvalue weighted by atomic mass is 16.5. The standard InChI is InChI=1S/C11H15N3O2/c1-16-8-3-4-10(9(12)7-8)14-6-2-5-13-11(14)15/h3-4,7H,2,5-6,12H2,1H3,(H,13,15). The molecule has 0 saturated carbocycles. The van der Waals surface area contributed by atoms with Crippen LogP contribution in [0.4, 0.5) is 16.2 Å². The van der Waals surface area contributed by atoms with Crippen molar-refractivity contribution in [2.24, 2.45) is 0 Å². The third kappa shape index (κ3) is 1.88. The number of anilines is 2. The van der Waals surface area contributed by atoms with Crippen LogP contribution in [0.1, 0.15) is 6.42 Å². The van der Waals surface area contributed by atoms with Gasteiger partial charge >= 0.3 is 6.03 Å². The van der Waals surface area contributed by atoms with E-state index in [1.165, 1.54) is 0 Å². The maximum absolute atomic E-state index is 11.6. The third-order valence-corrected chi connectivity index (χ3v) is 2.61. The zero-order chi connectivity index (χ0) is 11.5. The van der Waals surface area contributed by atoms with Crippen LogP contribution >= 0.6 is 0 Å². The van der Waals surface area contributed by atoms with Gasteiger partial charge in [-0.1, -0.05) is 0 Å². The smallest absolute Gasteiger partial charge is 0.321 e. The normalized spacial score (nSPS) is 15.8. The molecule has 3 N–H and O–H groups in total. The molecule has 0 bridgehead atoms. The molecule has 0 aliphatic carbocycles. The van der Waals surface area contributed by atoms with Gasteiger partial charge in [-0.2, -0.15) is 0 Å². The van der Waals surface area contributed by atoms with E-state index in [1.54, 1.807) is 30.2 Å². The number of hydrogen-bond acceptors (Lipinski definition) is 3. The molecule has 16 heavy (non-hydrogen) atoms. The minimum atomic E-state index is -0.0943. The molecule has 1 aromatic rings. The summed E-state index contributed by atoms with van der Waals surface area (Å²) < 4.78 is 5.07. The minimum Gasteiger partial charge on any atom is -0.497 e. The largest absolute Gasteiger partial charge is 0.497 e. The average molecular weight is 221 g/mol. The van der Waals surface area contributed by atoms with Crippen molar-refractivity contribution in [1.82, 2.24) is 5.32 Å². The van der Waals surface area contributed by atoms with Crippen molar-refractivity contribution in [2.45, 2.75) is 6.42 Å². The summed E-state index contributed by atoms with van der Waals surface area (Å²) >= 11 is 0. The maximum Gasteiger partial charge on any atom is 0.321 e. The number of hydrogen-bond donors (Lipinski definition) is 2. The van der Waals surface area contributed by atoms with Crippen LogP contribution in [0.2, 0.25) is 0 Å². The number of nitrogens with two attached hydrogens (primary N) is 1. The predicted octanol–water partition coefficient (Wildman–Crippen LogP) is 1.20. The molecule has 1 aliphatic rings. The number of ether oxygens (including phenoxy) is 1. The Kier molecular flexibility index (Phi) is 2.85. The Bertz CT molecular complexity index is 406. The molecule has 1 heterocycles. The van der Waals surface area contributed by atoms with Crippen LogP contribution in [-0.2, 0) is 0 Å². The lowest BCUT2D eigenvalue weighted by atomic mass is 10.2. The van der Waals surface area contributed by atoms with Crippen molar-refractivity contribution in [1.29, 1.82) is 0 Å². The molecule has 0 atom stereocenters. The highest BCUT2D eigenvalue weighted by Crippen LogP contribution is 2.28. The number of nitrogen functional groups attached to an aromatic ring is 1. The number of amides is 2. The van der Waals surface area contributed by atoms with E-state index >= 15 is 0 Å². The number of rotatable bonds is 2. The molecule has 1 aromatic carbocycles. The Balaban J connectivity index is 2.28. The maximum atomic E-state index is 11.6. The van der Waals surface area contributed by atoms with Crippen LogP contribution in [-0.4, -0.2) is 26.2 Å². The zero-order valence-corrected chi connectivity index (χ0v) is 9.19. The predicted molar refractivity (Wildman–Crippen MR) is 62.8 cm³/mol. The van der Waals surface area contributed by atoms with Gasteiger partial charge in [-0.25, -0.2) is 4.79 Å². The summed E-state index contributed by atoms with van der Waals surface area (Å²) in [6, 6.07) is 5.23. The number of methoxy groups -OCH3 is 1. The molecule has 0 radical (unpaired) electrons. The van der Waals surface area contributed by atoms with Gasteiger partial charge in [0, 0.05) is 19.2 Å². The summed E-state index contributed by atoms with van der Waals surface area (Å²) in [5.74, 6) is 0.693. The average Bonchev–Trinajstić information content (AvgIpc) is 2.30. The number of benzene rings is 1. The second-order valence-corrected chi connectivity index (χ2v) is 3.66. The van der Waals surface area contributed by atoms with Crippen molar-refractivity contribution in [3.8, 4) is 5.75 Å². The van der Waals surface area contributed by atoms with E-state index in [0.29, 0.717) is 18.0 Å². The second-order valence-electron chi connectivity index (χ2n) is 3.66. The lowest BCUT2D eigenvalue weighted by Gasteiger charge is -2.28. The fourth-order valence-corrected chi connectivity index (χ4v) is 1.76. The van der Waals surface area contributed by atoms with Crippen LogP contribution in [0, 0.1) is 0 Å². The second kappa shape index (κ2) is 4.30. The fourth-order valence-electron chi connectivity index (χ4n) is 1.76. The van der Waals surface area contributed by atoms with Crippen molar-refractivity contribution < 1.29 is 9.53 Å². The van der Waals surface area contributed by atoms with E-state index in [4.69, 9.17) is 10.5 Å². The Morgan fingerprint density at radius 2 is 2.31 bits per heavy atom. The van der Waals surface area contributed by atoms with Gasteiger partial charge in [0.1, 0.15) is 5.75 Å². The summed E-state index contributed by atoms with van der Waals surface area (Å²) in [6.45, 7) is 1.42. The molecule has 1 saturated heterocycles. The Morgan fingerprint density at radius 3 is 2.94 bits per heavy atom. The van der Waals surface area contributed by atoms with E-state index < -0.39 is 0 Å². The van der Waals surface area contributed by atoms with E-state index in [2.05, 4.69) is 5.32 Å². The quantitative estimate of drug-likeness (QED) is 0.737. The minimum absolute atomic E-state index is 0.0943. The fraction of sp³-hybridized carbons (Fsp3) is 0.364. The van der Waals surface area contributed by atoms with E-state index in [9.17, 15) is 4.79 Å². The summed E-state index contributed by atoms with van der Waals surface area (Å²) in [6.07, 6.45) is 0.928. The van der Waals surface area contributed by atoms with Crippen molar-refractivity contribution in [3.63, 3.8) is 0 Å². The molecule has 86 valence electrons. The third-order valence-electron chi connectivity index (χ3n) is 2.61. The molecule has 5 nitrogen and oxygen atoms in total. The van der Waals surface area contributed by atoms with E-state index in [0.717, 1.165) is 18.7 Å². The zero-order valence-electron chi connectivity index (χ0n) is 9.19. The van der Waals surface area contributed by atoms with Gasteiger partial charge in [0.15, 0.2) is 0 Å². The van der Waals surface area contributed by atoms with Gasteiger partial charge in [0.2, 0.25) is 0 Å². The van der Waals surface area contributed by atoms with Gasteiger partial charge in [-0.15, -0.1) is 0 Å². The topological polar surface area (TPSA) is 67.6 Å². The van der Waals surface area contributed by atoms with Crippen LogP contribution < -0.4 is 20.7 Å². The van der Waals surface area contributed by atoms with Crippen molar-refractivity contribution >= 4 is 17.4 Å². The number of carbonyl (C=O) groups excluding carboxylic acids is 1. The molecule has 2 rings (SSSR count). The van der Waals surface area contributed by atoms with Crippen LogP contribution in [0.15, 0.2) is 18.2 Å². The molecule has 0 unspecified atom stereocenters. The van der Waals surface area contributed by atoms with Crippen molar-refractivity contribution in [2.75, 3.05) is 30.8 Å². The van der Waals surface area contributed by atoms with Crippen LogP contribution in [0.5, 0.6) is 5.75 Å². The molecular formula is C11H15N3O2. The van der Waals surface area contributed by atoms with E-state index in [-0.39, 0.29) is 6.03 Å². The summed E-state index contributed by atoms with van der Waals surface area (Å²) in [5, 5.41) is 2.79. The number of carbonyl (C=O) groups is 1. The Labute approximate surface area is 94.2 Å². The van der Waals surface area contributed by atoms with Crippen molar-refractivity contribution in [3.05, 3.63) is 18.2 Å². The Hall–Kier alpha value is -1.91. The summed E-state index contributed by atoms with van der Waals surface area (Å²) in [7, 11) is 1.59. The number of nitrogens with one attached hydrogen (secondary N) is 1. The van der Waals surface area contributed by atoms with Gasteiger partial charge in [0.05, 0.1) is 18.5 Å². The van der Waals surface area contributed by atoms with E-state index in [1.807, 2.05) is 0 Å². The molecule has 0 spiro atoms. The van der Waals surface area contributed by atoms with Gasteiger partial charge in [-0.3, -0.25) is 4.90 Å². The molecule has 1 aliphatic heterocycles. The monoisotopic (exact) mass is 221 g/mol. The molecule has 2 amide bonds. The SMILES string of the molecule is COc1ccc(N2CCCNC2=O)c(N)c1. The number of urea groups is 1. The van der Waals surface area contributed by atoms with Crippen LogP contribution in [0.3, 0.4) is 0 Å².